The van der Waals surface area contributed by atoms with Gasteiger partial charge in [-0.1, -0.05) is 36.8 Å². The maximum absolute atomic E-state index is 11.5. The number of nitrogens with zero attached hydrogens (tertiary/aromatic N) is 2. The second kappa shape index (κ2) is 9.15. The Balaban J connectivity index is 1.32. The van der Waals surface area contributed by atoms with Crippen LogP contribution in [0.4, 0.5) is 0 Å². The molecule has 2 aliphatic heterocycles. The molecule has 160 valence electrons. The van der Waals surface area contributed by atoms with Crippen LogP contribution in [0.1, 0.15) is 62.8 Å². The van der Waals surface area contributed by atoms with Gasteiger partial charge in [-0.05, 0) is 75.4 Å². The lowest BCUT2D eigenvalue weighted by Crippen LogP contribution is -2.55. The molecule has 2 heterocycles. The average molecular weight is 400 g/mol. The van der Waals surface area contributed by atoms with E-state index in [1.54, 1.807) is 0 Å². The molecule has 5 nitrogen and oxygen atoms in total. The molecule has 1 amide bonds. The third-order valence-electron chi connectivity index (χ3n) is 7.58. The monoisotopic (exact) mass is 399 g/mol. The number of amides is 1. The van der Waals surface area contributed by atoms with E-state index in [2.05, 4.69) is 40.1 Å². The van der Waals surface area contributed by atoms with Crippen molar-refractivity contribution in [2.24, 2.45) is 11.7 Å². The minimum absolute atomic E-state index is 0.211. The van der Waals surface area contributed by atoms with E-state index in [4.69, 9.17) is 5.73 Å². The van der Waals surface area contributed by atoms with Gasteiger partial charge in [0, 0.05) is 19.1 Å². The Morgan fingerprint density at radius 2 is 1.83 bits per heavy atom. The predicted octanol–water partition coefficient (Wildman–Crippen LogP) is 2.74. The molecule has 3 N–H and O–H groups in total. The van der Waals surface area contributed by atoms with Gasteiger partial charge in [0.1, 0.15) is 0 Å². The van der Waals surface area contributed by atoms with Gasteiger partial charge in [0.2, 0.25) is 5.91 Å². The normalized spacial score (nSPS) is 34.3. The van der Waals surface area contributed by atoms with E-state index in [0.29, 0.717) is 24.4 Å². The summed E-state index contributed by atoms with van der Waals surface area (Å²) in [5.41, 5.74) is 6.37. The summed E-state index contributed by atoms with van der Waals surface area (Å²) in [5, 5.41) is 11.3. The molecule has 1 saturated carbocycles. The first kappa shape index (κ1) is 20.8. The summed E-state index contributed by atoms with van der Waals surface area (Å²) in [4.78, 5) is 16.3. The fraction of sp³-hybridized carbons (Fsp3) is 0.708. The van der Waals surface area contributed by atoms with Gasteiger partial charge in [0.25, 0.3) is 0 Å². The van der Waals surface area contributed by atoms with Gasteiger partial charge in [-0.25, -0.2) is 0 Å². The lowest BCUT2D eigenvalue weighted by molar-refractivity contribution is -0.120. The number of fused-ring (bicyclic) bond motifs is 1. The summed E-state index contributed by atoms with van der Waals surface area (Å²) in [5.74, 6) is 0.971. The number of likely N-dealkylation sites (tertiary alicyclic amines) is 2. The molecule has 2 atom stereocenters. The number of primary amides is 1. The van der Waals surface area contributed by atoms with Crippen molar-refractivity contribution in [3.05, 3.63) is 35.9 Å². The van der Waals surface area contributed by atoms with Gasteiger partial charge in [0.15, 0.2) is 0 Å². The Morgan fingerprint density at radius 1 is 1.07 bits per heavy atom. The number of hydrogen-bond acceptors (Lipinski definition) is 4. The molecule has 29 heavy (non-hydrogen) atoms. The fourth-order valence-corrected chi connectivity index (χ4v) is 6.07. The van der Waals surface area contributed by atoms with Crippen LogP contribution in [-0.4, -0.2) is 65.2 Å². The van der Waals surface area contributed by atoms with Gasteiger partial charge in [-0.3, -0.25) is 9.69 Å². The molecule has 2 saturated heterocycles. The third-order valence-corrected chi connectivity index (χ3v) is 7.58. The molecule has 5 heteroatoms. The molecule has 1 aromatic carbocycles. The Labute approximate surface area is 175 Å². The van der Waals surface area contributed by atoms with Crippen LogP contribution in [0.5, 0.6) is 0 Å². The quantitative estimate of drug-likeness (QED) is 0.799. The van der Waals surface area contributed by atoms with Crippen LogP contribution in [0.15, 0.2) is 30.3 Å². The molecule has 0 bridgehead atoms. The zero-order valence-corrected chi connectivity index (χ0v) is 17.6. The summed E-state index contributed by atoms with van der Waals surface area (Å²) >= 11 is 0. The minimum Gasteiger partial charge on any atom is -0.389 e. The van der Waals surface area contributed by atoms with Crippen LogP contribution < -0.4 is 5.73 Å². The van der Waals surface area contributed by atoms with Crippen molar-refractivity contribution in [2.75, 3.05) is 32.7 Å². The third kappa shape index (κ3) is 5.19. The first-order chi connectivity index (χ1) is 14.0. The van der Waals surface area contributed by atoms with Crippen LogP contribution in [-0.2, 0) is 4.79 Å². The predicted molar refractivity (Wildman–Crippen MR) is 116 cm³/mol. The van der Waals surface area contributed by atoms with E-state index in [1.165, 1.54) is 18.4 Å². The van der Waals surface area contributed by atoms with E-state index in [0.717, 1.165) is 64.7 Å². The van der Waals surface area contributed by atoms with E-state index in [9.17, 15) is 9.90 Å². The number of aliphatic hydroxyl groups is 1. The van der Waals surface area contributed by atoms with Gasteiger partial charge >= 0.3 is 0 Å². The Morgan fingerprint density at radius 3 is 2.55 bits per heavy atom. The van der Waals surface area contributed by atoms with Crippen LogP contribution in [0, 0.1) is 5.92 Å². The number of piperidine rings is 1. The Hall–Kier alpha value is -1.43. The summed E-state index contributed by atoms with van der Waals surface area (Å²) in [6.07, 6.45) is 8.64. The molecular weight excluding hydrogens is 362 g/mol. The van der Waals surface area contributed by atoms with Gasteiger partial charge in [-0.2, -0.15) is 0 Å². The topological polar surface area (TPSA) is 69.8 Å². The number of nitrogens with two attached hydrogens (primary N) is 1. The second-order valence-electron chi connectivity index (χ2n) is 9.69. The number of carbonyl (C=O) groups excluding carboxylic acids is 1. The van der Waals surface area contributed by atoms with Gasteiger partial charge in [-0.15, -0.1) is 0 Å². The van der Waals surface area contributed by atoms with Crippen LogP contribution >= 0.6 is 0 Å². The number of hydrogen-bond donors (Lipinski definition) is 2. The van der Waals surface area contributed by atoms with Crippen molar-refractivity contribution in [3.8, 4) is 0 Å². The van der Waals surface area contributed by atoms with Crippen LogP contribution in [0.2, 0.25) is 0 Å². The summed E-state index contributed by atoms with van der Waals surface area (Å²) in [7, 11) is 0. The van der Waals surface area contributed by atoms with Crippen molar-refractivity contribution in [3.63, 3.8) is 0 Å². The highest BCUT2D eigenvalue weighted by molar-refractivity contribution is 5.76. The molecule has 1 aromatic rings. The van der Waals surface area contributed by atoms with Crippen molar-refractivity contribution >= 4 is 5.91 Å². The van der Waals surface area contributed by atoms with Gasteiger partial charge in [0.05, 0.1) is 12.1 Å². The van der Waals surface area contributed by atoms with E-state index in [-0.39, 0.29) is 5.91 Å². The van der Waals surface area contributed by atoms with Crippen LogP contribution in [0.3, 0.4) is 0 Å². The smallest absolute Gasteiger partial charge is 0.231 e. The lowest BCUT2D eigenvalue weighted by Gasteiger charge is -2.46. The first-order valence-electron chi connectivity index (χ1n) is 11.5. The highest BCUT2D eigenvalue weighted by atomic mass is 16.3. The second-order valence-corrected chi connectivity index (χ2v) is 9.69. The highest BCUT2D eigenvalue weighted by Gasteiger charge is 2.39. The van der Waals surface area contributed by atoms with E-state index in [1.807, 2.05) is 0 Å². The van der Waals surface area contributed by atoms with E-state index >= 15 is 0 Å². The summed E-state index contributed by atoms with van der Waals surface area (Å²) < 4.78 is 0. The van der Waals surface area contributed by atoms with Crippen molar-refractivity contribution in [1.29, 1.82) is 0 Å². The molecular formula is C24H37N3O2. The molecule has 0 unspecified atom stereocenters. The standard InChI is InChI=1S/C24H37N3O2/c25-23(28)17-27-14-5-4-8-21-16-26(15-11-22(21)27)18-24(29)12-9-20(10-13-24)19-6-2-1-3-7-19/h1-3,6-7,20-22,29H,4-5,8-18H2,(H2,25,28)/t20?,21-,22+,24?/m0/s1. The molecule has 3 fully saturated rings. The molecule has 0 radical (unpaired) electrons. The number of rotatable bonds is 5. The lowest BCUT2D eigenvalue weighted by atomic mass is 9.75. The number of benzene rings is 1. The Bertz CT molecular complexity index is 672. The molecule has 0 aromatic heterocycles. The zero-order valence-electron chi connectivity index (χ0n) is 17.6. The van der Waals surface area contributed by atoms with E-state index < -0.39 is 5.60 Å². The zero-order chi connectivity index (χ0) is 20.3. The summed E-state index contributed by atoms with van der Waals surface area (Å²) in [6.45, 7) is 4.25. The molecule has 1 aliphatic carbocycles. The molecule has 4 rings (SSSR count). The molecule has 0 spiro atoms. The van der Waals surface area contributed by atoms with Crippen molar-refractivity contribution in [2.45, 2.75) is 68.9 Å². The average Bonchev–Trinajstić information content (AvgIpc) is 2.90. The Kier molecular flexibility index (Phi) is 6.57. The maximum Gasteiger partial charge on any atom is 0.231 e. The fourth-order valence-electron chi connectivity index (χ4n) is 6.07. The number of β-amino-alcohol motifs (C(OH)–C–C–N with tert-alkyl or cyclic N) is 1. The van der Waals surface area contributed by atoms with Crippen molar-refractivity contribution < 1.29 is 9.90 Å². The van der Waals surface area contributed by atoms with Crippen molar-refractivity contribution in [1.82, 2.24) is 9.80 Å². The van der Waals surface area contributed by atoms with Gasteiger partial charge < -0.3 is 15.7 Å². The summed E-state index contributed by atoms with van der Waals surface area (Å²) in [6, 6.07) is 11.2. The largest absolute Gasteiger partial charge is 0.389 e. The van der Waals surface area contributed by atoms with Crippen LogP contribution in [0.25, 0.3) is 0 Å². The number of carbonyl (C=O) groups is 1. The maximum atomic E-state index is 11.5. The highest BCUT2D eigenvalue weighted by Crippen LogP contribution is 2.39. The SMILES string of the molecule is NC(=O)CN1CCCC[C@H]2CN(CC3(O)CCC(c4ccccc4)CC3)CC[C@H]21. The minimum atomic E-state index is -0.546. The first-order valence-corrected chi connectivity index (χ1v) is 11.5. The molecule has 3 aliphatic rings.